The Morgan fingerprint density at radius 3 is 2.39 bits per heavy atom. The number of hydrogen-bond donors (Lipinski definition) is 0. The number of carbonyl (C=O) groups excluding carboxylic acids is 2. The van der Waals surface area contributed by atoms with Crippen LogP contribution in [0.2, 0.25) is 0 Å². The quantitative estimate of drug-likeness (QED) is 0.633. The van der Waals surface area contributed by atoms with Crippen LogP contribution in [-0.4, -0.2) is 36.5 Å². The van der Waals surface area contributed by atoms with Crippen molar-refractivity contribution in [3.05, 3.63) is 65.7 Å². The number of nitrogens with zero attached hydrogens (tertiary/aromatic N) is 2. The molecule has 0 bridgehead atoms. The number of rotatable bonds is 7. The van der Waals surface area contributed by atoms with E-state index in [4.69, 9.17) is 10.00 Å². The van der Waals surface area contributed by atoms with Gasteiger partial charge in [0.1, 0.15) is 0 Å². The van der Waals surface area contributed by atoms with Crippen LogP contribution in [0.3, 0.4) is 0 Å². The summed E-state index contributed by atoms with van der Waals surface area (Å²) in [7, 11) is 0. The number of thioether (sulfide) groups is 2. The largest absolute Gasteiger partial charge is 0.452 e. The van der Waals surface area contributed by atoms with Crippen molar-refractivity contribution in [2.45, 2.75) is 11.0 Å². The number of nitriles is 1. The van der Waals surface area contributed by atoms with E-state index in [9.17, 15) is 9.59 Å². The number of para-hydroxylation sites is 1. The van der Waals surface area contributed by atoms with Crippen molar-refractivity contribution in [2.24, 2.45) is 0 Å². The normalized spacial score (nSPS) is 13.7. The Morgan fingerprint density at radius 2 is 1.75 bits per heavy atom. The topological polar surface area (TPSA) is 70.4 Å². The van der Waals surface area contributed by atoms with E-state index in [-0.39, 0.29) is 25.5 Å². The van der Waals surface area contributed by atoms with E-state index < -0.39 is 5.97 Å². The van der Waals surface area contributed by atoms with Crippen molar-refractivity contribution in [2.75, 3.05) is 29.6 Å². The van der Waals surface area contributed by atoms with Gasteiger partial charge in [-0.2, -0.15) is 5.26 Å². The van der Waals surface area contributed by atoms with E-state index in [2.05, 4.69) is 0 Å². The molecule has 1 amide bonds. The van der Waals surface area contributed by atoms with Gasteiger partial charge in [0.15, 0.2) is 6.61 Å². The summed E-state index contributed by atoms with van der Waals surface area (Å²) in [6, 6.07) is 18.5. The fourth-order valence-electron chi connectivity index (χ4n) is 2.78. The summed E-state index contributed by atoms with van der Waals surface area (Å²) in [5.41, 5.74) is 2.29. The number of esters is 1. The van der Waals surface area contributed by atoms with Gasteiger partial charge in [0.05, 0.1) is 22.6 Å². The maximum absolute atomic E-state index is 12.5. The molecule has 0 aromatic heterocycles. The molecule has 0 N–H and O–H groups in total. The molecule has 0 atom stereocenters. The molecule has 1 fully saturated rings. The maximum atomic E-state index is 12.5. The first kappa shape index (κ1) is 20.3. The lowest BCUT2D eigenvalue weighted by molar-refractivity contribution is -0.121. The Labute approximate surface area is 173 Å². The number of benzene rings is 2. The van der Waals surface area contributed by atoms with Gasteiger partial charge in [0.25, 0.3) is 5.91 Å². The van der Waals surface area contributed by atoms with E-state index in [0.717, 1.165) is 11.5 Å². The summed E-state index contributed by atoms with van der Waals surface area (Å²) in [5.74, 6) is 1.40. The van der Waals surface area contributed by atoms with Crippen molar-refractivity contribution in [3.8, 4) is 6.07 Å². The molecule has 1 saturated heterocycles. The Kier molecular flexibility index (Phi) is 7.40. The summed E-state index contributed by atoms with van der Waals surface area (Å²) in [6.45, 7) is -0.114. The Hall–Kier alpha value is -2.43. The predicted octanol–water partition coefficient (Wildman–Crippen LogP) is 4.27. The minimum Gasteiger partial charge on any atom is -0.452 e. The second-order valence-corrected chi connectivity index (χ2v) is 8.79. The molecule has 5 nitrogen and oxygen atoms in total. The van der Waals surface area contributed by atoms with E-state index >= 15 is 0 Å². The number of hydrogen-bond acceptors (Lipinski definition) is 6. The highest BCUT2D eigenvalue weighted by Gasteiger charge is 2.20. The van der Waals surface area contributed by atoms with Gasteiger partial charge < -0.3 is 9.64 Å². The van der Waals surface area contributed by atoms with Crippen molar-refractivity contribution >= 4 is 41.1 Å². The van der Waals surface area contributed by atoms with E-state index in [1.54, 1.807) is 24.3 Å². The standard InChI is InChI=1S/C21H20N2O3S2/c22-11-4-12-23(18-5-2-1-3-6-18)19(24)15-26-20(25)16-7-9-17(10-8-16)21-27-13-14-28-21/h1-3,5-10,21H,4,12-15H2. The highest BCUT2D eigenvalue weighted by atomic mass is 32.2. The van der Waals surface area contributed by atoms with Gasteiger partial charge in [-0.05, 0) is 29.8 Å². The molecular formula is C21H20N2O3S2. The van der Waals surface area contributed by atoms with Crippen LogP contribution in [0, 0.1) is 11.3 Å². The van der Waals surface area contributed by atoms with Crippen LogP contribution in [0.15, 0.2) is 54.6 Å². The molecule has 2 aromatic rings. The van der Waals surface area contributed by atoms with Crippen molar-refractivity contribution in [3.63, 3.8) is 0 Å². The monoisotopic (exact) mass is 412 g/mol. The third kappa shape index (κ3) is 5.31. The van der Waals surface area contributed by atoms with Gasteiger partial charge in [-0.1, -0.05) is 30.3 Å². The molecule has 0 unspecified atom stereocenters. The molecular weight excluding hydrogens is 392 g/mol. The van der Waals surface area contributed by atoms with Crippen LogP contribution >= 0.6 is 23.5 Å². The predicted molar refractivity (Wildman–Crippen MR) is 113 cm³/mol. The summed E-state index contributed by atoms with van der Waals surface area (Å²) >= 11 is 3.81. The fraction of sp³-hybridized carbons (Fsp3) is 0.286. The number of anilines is 1. The number of amides is 1. The lowest BCUT2D eigenvalue weighted by Crippen LogP contribution is -2.35. The fourth-order valence-corrected chi connectivity index (χ4v) is 5.64. The molecule has 1 heterocycles. The molecule has 144 valence electrons. The third-order valence-corrected chi connectivity index (χ3v) is 7.29. The first-order chi connectivity index (χ1) is 13.7. The molecule has 3 rings (SSSR count). The summed E-state index contributed by atoms with van der Waals surface area (Å²) in [5, 5.41) is 8.84. The molecule has 28 heavy (non-hydrogen) atoms. The smallest absolute Gasteiger partial charge is 0.338 e. The average molecular weight is 413 g/mol. The summed E-state index contributed by atoms with van der Waals surface area (Å²) < 4.78 is 5.64. The molecule has 0 radical (unpaired) electrons. The van der Waals surface area contributed by atoms with Gasteiger partial charge in [-0.3, -0.25) is 4.79 Å². The van der Waals surface area contributed by atoms with Crippen molar-refractivity contribution in [1.29, 1.82) is 5.26 Å². The molecule has 0 aliphatic carbocycles. The SMILES string of the molecule is N#CCCN(C(=O)COC(=O)c1ccc(C2SCCS2)cc1)c1ccccc1. The van der Waals surface area contributed by atoms with E-state index in [1.165, 1.54) is 10.5 Å². The Morgan fingerprint density at radius 1 is 1.07 bits per heavy atom. The zero-order valence-corrected chi connectivity index (χ0v) is 16.9. The van der Waals surface area contributed by atoms with Crippen LogP contribution in [-0.2, 0) is 9.53 Å². The molecule has 1 aliphatic rings. The number of carbonyl (C=O) groups is 2. The lowest BCUT2D eigenvalue weighted by atomic mass is 10.1. The molecule has 0 spiro atoms. The van der Waals surface area contributed by atoms with Gasteiger partial charge in [0, 0.05) is 23.7 Å². The second kappa shape index (κ2) is 10.2. The van der Waals surface area contributed by atoms with Gasteiger partial charge in [0.2, 0.25) is 0 Å². The first-order valence-corrected chi connectivity index (χ1v) is 11.0. The van der Waals surface area contributed by atoms with Crippen molar-refractivity contribution < 1.29 is 14.3 Å². The van der Waals surface area contributed by atoms with E-state index in [0.29, 0.717) is 15.8 Å². The maximum Gasteiger partial charge on any atom is 0.338 e. The average Bonchev–Trinajstić information content (AvgIpc) is 3.28. The third-order valence-electron chi connectivity index (χ3n) is 4.18. The first-order valence-electron chi connectivity index (χ1n) is 8.91. The van der Waals surface area contributed by atoms with Gasteiger partial charge >= 0.3 is 5.97 Å². The van der Waals surface area contributed by atoms with Crippen LogP contribution < -0.4 is 4.90 Å². The van der Waals surface area contributed by atoms with Crippen LogP contribution in [0.5, 0.6) is 0 Å². The molecule has 1 aliphatic heterocycles. The Bertz CT molecular complexity index is 844. The van der Waals surface area contributed by atoms with Gasteiger partial charge in [-0.15, -0.1) is 23.5 Å². The highest BCUT2D eigenvalue weighted by Crippen LogP contribution is 2.45. The number of ether oxygens (including phenoxy) is 1. The van der Waals surface area contributed by atoms with Gasteiger partial charge in [-0.25, -0.2) is 4.79 Å². The molecule has 7 heteroatoms. The second-order valence-electron chi connectivity index (χ2n) is 6.06. The zero-order chi connectivity index (χ0) is 19.8. The minimum absolute atomic E-state index is 0.202. The van der Waals surface area contributed by atoms with Crippen LogP contribution in [0.4, 0.5) is 5.69 Å². The molecule has 2 aromatic carbocycles. The summed E-state index contributed by atoms with van der Waals surface area (Å²) in [4.78, 5) is 26.3. The highest BCUT2D eigenvalue weighted by molar-refractivity contribution is 8.19. The van der Waals surface area contributed by atoms with E-state index in [1.807, 2.05) is 59.9 Å². The minimum atomic E-state index is -0.528. The zero-order valence-electron chi connectivity index (χ0n) is 15.2. The lowest BCUT2D eigenvalue weighted by Gasteiger charge is -2.21. The molecule has 0 saturated carbocycles. The van der Waals surface area contributed by atoms with Crippen LogP contribution in [0.25, 0.3) is 0 Å². The summed E-state index contributed by atoms with van der Waals surface area (Å²) in [6.07, 6.45) is 0.202. The Balaban J connectivity index is 1.59. The van der Waals surface area contributed by atoms with Crippen LogP contribution in [0.1, 0.15) is 26.9 Å². The van der Waals surface area contributed by atoms with Crippen molar-refractivity contribution in [1.82, 2.24) is 0 Å².